The van der Waals surface area contributed by atoms with Crippen molar-refractivity contribution in [3.8, 4) is 0 Å². The van der Waals surface area contributed by atoms with E-state index in [0.29, 0.717) is 36.0 Å². The van der Waals surface area contributed by atoms with Crippen molar-refractivity contribution < 1.29 is 30.0 Å². The van der Waals surface area contributed by atoms with Crippen molar-refractivity contribution >= 4 is 11.9 Å². The molecule has 35 heavy (non-hydrogen) atoms. The smallest absolute Gasteiger partial charge is 0.328 e. The number of carboxylic acids is 1. The zero-order chi connectivity index (χ0) is 25.7. The van der Waals surface area contributed by atoms with Crippen molar-refractivity contribution in [2.75, 3.05) is 0 Å². The summed E-state index contributed by atoms with van der Waals surface area (Å²) in [5, 5.41) is 43.2. The van der Waals surface area contributed by atoms with Gasteiger partial charge in [0.25, 0.3) is 0 Å². The molecule has 200 valence electrons. The number of carbonyl (C=O) groups excluding carboxylic acids is 1. The lowest BCUT2D eigenvalue weighted by Crippen LogP contribution is -2.58. The Morgan fingerprint density at radius 2 is 1.71 bits per heavy atom. The van der Waals surface area contributed by atoms with E-state index in [1.165, 1.54) is 19.8 Å². The summed E-state index contributed by atoms with van der Waals surface area (Å²) in [6.45, 7) is 8.26. The highest BCUT2D eigenvalue weighted by Crippen LogP contribution is 2.68. The summed E-state index contributed by atoms with van der Waals surface area (Å²) in [6.07, 6.45) is 7.47. The molecule has 4 aliphatic rings. The molecule has 5 N–H and O–H groups in total. The minimum Gasteiger partial charge on any atom is -0.480 e. The molecule has 0 bridgehead atoms. The molecule has 4 fully saturated rings. The maximum absolute atomic E-state index is 12.4. The number of hydrogen-bond acceptors (Lipinski definition) is 5. The van der Waals surface area contributed by atoms with Crippen LogP contribution in [0.2, 0.25) is 0 Å². The molecule has 0 aromatic carbocycles. The number of hydrogen-bond donors (Lipinski definition) is 5. The van der Waals surface area contributed by atoms with Crippen molar-refractivity contribution in [2.45, 2.75) is 116 Å². The first kappa shape index (κ1) is 26.9. The van der Waals surface area contributed by atoms with Crippen LogP contribution in [0, 0.1) is 46.3 Å². The third kappa shape index (κ3) is 4.66. The molecule has 0 aromatic heterocycles. The molecule has 4 rings (SSSR count). The van der Waals surface area contributed by atoms with Gasteiger partial charge in [0.1, 0.15) is 0 Å². The molecule has 4 aliphatic carbocycles. The molecular weight excluding hydrogens is 446 g/mol. The van der Waals surface area contributed by atoms with Gasteiger partial charge in [-0.1, -0.05) is 20.8 Å². The second-order valence-electron chi connectivity index (χ2n) is 13.0. The molecule has 0 unspecified atom stereocenters. The first-order valence-electron chi connectivity index (χ1n) is 14.0. The van der Waals surface area contributed by atoms with Gasteiger partial charge in [0.2, 0.25) is 5.91 Å². The fourth-order valence-corrected chi connectivity index (χ4v) is 9.35. The minimum absolute atomic E-state index is 0.155. The molecule has 7 heteroatoms. The van der Waals surface area contributed by atoms with Gasteiger partial charge in [-0.15, -0.1) is 0 Å². The summed E-state index contributed by atoms with van der Waals surface area (Å²) in [5.74, 6) is 1.21. The minimum atomic E-state index is -1.29. The lowest BCUT2D eigenvalue weighted by atomic mass is 9.43. The summed E-state index contributed by atoms with van der Waals surface area (Å²) < 4.78 is 0. The van der Waals surface area contributed by atoms with E-state index in [9.17, 15) is 30.0 Å². The predicted molar refractivity (Wildman–Crippen MR) is 132 cm³/mol. The molecule has 12 atom stereocenters. The van der Waals surface area contributed by atoms with Crippen LogP contribution in [-0.4, -0.2) is 56.7 Å². The van der Waals surface area contributed by atoms with Crippen LogP contribution in [0.25, 0.3) is 0 Å². The van der Waals surface area contributed by atoms with Crippen LogP contribution in [0.4, 0.5) is 0 Å². The van der Waals surface area contributed by atoms with Crippen LogP contribution < -0.4 is 5.32 Å². The third-order valence-electron chi connectivity index (χ3n) is 11.4. The Bertz CT molecular complexity index is 802. The molecular formula is C28H47NO6. The molecule has 0 radical (unpaired) electrons. The predicted octanol–water partition coefficient (Wildman–Crippen LogP) is 3.34. The Morgan fingerprint density at radius 1 is 1.00 bits per heavy atom. The first-order valence-corrected chi connectivity index (χ1v) is 14.0. The summed E-state index contributed by atoms with van der Waals surface area (Å²) in [4.78, 5) is 23.7. The number of fused-ring (bicyclic) bond motifs is 5. The van der Waals surface area contributed by atoms with Crippen LogP contribution >= 0.6 is 0 Å². The second-order valence-corrected chi connectivity index (χ2v) is 13.0. The molecule has 4 saturated carbocycles. The van der Waals surface area contributed by atoms with Gasteiger partial charge in [0, 0.05) is 6.42 Å². The SMILES string of the molecule is C[C@H](CCC(=O)N[C@H](C(=O)O)[C@@H](C)O)[C@H]1CC[C@H]2[C@@H]3CC[C@@H]4C[C@H](O)CC[C@]4(C)[C@H]3C[C@H](O)[C@]12C. The average Bonchev–Trinajstić information content (AvgIpc) is 3.15. The van der Waals surface area contributed by atoms with E-state index in [-0.39, 0.29) is 41.3 Å². The maximum Gasteiger partial charge on any atom is 0.328 e. The van der Waals surface area contributed by atoms with Gasteiger partial charge < -0.3 is 25.7 Å². The lowest BCUT2D eigenvalue weighted by Gasteiger charge is -2.62. The summed E-state index contributed by atoms with van der Waals surface area (Å²) in [7, 11) is 0. The summed E-state index contributed by atoms with van der Waals surface area (Å²) >= 11 is 0. The number of carboxylic acid groups (broad SMARTS) is 1. The number of amides is 1. The van der Waals surface area contributed by atoms with Gasteiger partial charge in [0.15, 0.2) is 6.04 Å². The molecule has 0 aromatic rings. The Kier molecular flexibility index (Phi) is 7.63. The number of carbonyl (C=O) groups is 2. The fraction of sp³-hybridized carbons (Fsp3) is 0.929. The number of rotatable bonds is 7. The van der Waals surface area contributed by atoms with Crippen LogP contribution in [0.5, 0.6) is 0 Å². The van der Waals surface area contributed by atoms with Crippen LogP contribution in [0.15, 0.2) is 0 Å². The monoisotopic (exact) mass is 493 g/mol. The van der Waals surface area contributed by atoms with Gasteiger partial charge in [-0.05, 0) is 111 Å². The van der Waals surface area contributed by atoms with Crippen molar-refractivity contribution in [3.05, 3.63) is 0 Å². The van der Waals surface area contributed by atoms with Gasteiger partial charge in [-0.2, -0.15) is 0 Å². The van der Waals surface area contributed by atoms with Crippen LogP contribution in [0.3, 0.4) is 0 Å². The highest BCUT2D eigenvalue weighted by atomic mass is 16.4. The van der Waals surface area contributed by atoms with E-state index >= 15 is 0 Å². The lowest BCUT2D eigenvalue weighted by molar-refractivity contribution is -0.175. The molecule has 7 nitrogen and oxygen atoms in total. The highest BCUT2D eigenvalue weighted by Gasteiger charge is 2.63. The van der Waals surface area contributed by atoms with E-state index in [1.807, 2.05) is 0 Å². The molecule has 0 heterocycles. The molecule has 1 amide bonds. The Balaban J connectivity index is 1.42. The van der Waals surface area contributed by atoms with Crippen molar-refractivity contribution in [2.24, 2.45) is 46.3 Å². The Labute approximate surface area is 210 Å². The number of aliphatic carboxylic acids is 1. The largest absolute Gasteiger partial charge is 0.480 e. The standard InChI is InChI=1S/C28H47NO6/c1-15(5-10-24(33)29-25(16(2)30)26(34)35)20-8-9-21-19-7-6-17-13-18(31)11-12-27(17,3)22(19)14-23(32)28(20,21)4/h15-23,25,30-32H,5-14H2,1-4H3,(H,29,33)(H,34,35)/t15-,16-,17-,18-,19+,20-,21+,22+,23+,25+,27+,28-/m1/s1. The van der Waals surface area contributed by atoms with Crippen molar-refractivity contribution in [3.63, 3.8) is 0 Å². The van der Waals surface area contributed by atoms with Crippen LogP contribution in [-0.2, 0) is 9.59 Å². The van der Waals surface area contributed by atoms with Crippen LogP contribution in [0.1, 0.15) is 91.9 Å². The molecule has 0 saturated heterocycles. The highest BCUT2D eigenvalue weighted by molar-refractivity contribution is 5.83. The normalized spacial score (nSPS) is 45.4. The summed E-state index contributed by atoms with van der Waals surface area (Å²) in [6, 6.07) is -1.29. The van der Waals surface area contributed by atoms with E-state index in [2.05, 4.69) is 26.1 Å². The van der Waals surface area contributed by atoms with E-state index in [4.69, 9.17) is 0 Å². The van der Waals surface area contributed by atoms with Gasteiger partial charge in [0.05, 0.1) is 18.3 Å². The number of aliphatic hydroxyl groups excluding tert-OH is 3. The maximum atomic E-state index is 12.4. The second kappa shape index (κ2) is 9.94. The van der Waals surface area contributed by atoms with Gasteiger partial charge >= 0.3 is 5.97 Å². The van der Waals surface area contributed by atoms with Gasteiger partial charge in [-0.3, -0.25) is 4.79 Å². The molecule has 0 aliphatic heterocycles. The topological polar surface area (TPSA) is 127 Å². The van der Waals surface area contributed by atoms with Gasteiger partial charge in [-0.25, -0.2) is 4.79 Å². The quantitative estimate of drug-likeness (QED) is 0.370. The zero-order valence-electron chi connectivity index (χ0n) is 21.9. The van der Waals surface area contributed by atoms with E-state index in [0.717, 1.165) is 38.5 Å². The average molecular weight is 494 g/mol. The van der Waals surface area contributed by atoms with E-state index in [1.54, 1.807) is 0 Å². The van der Waals surface area contributed by atoms with Crippen molar-refractivity contribution in [1.82, 2.24) is 5.32 Å². The van der Waals surface area contributed by atoms with Crippen molar-refractivity contribution in [1.29, 1.82) is 0 Å². The molecule has 0 spiro atoms. The van der Waals surface area contributed by atoms with E-state index < -0.39 is 18.1 Å². The summed E-state index contributed by atoms with van der Waals surface area (Å²) in [5.41, 5.74) is 0.0639. The third-order valence-corrected chi connectivity index (χ3v) is 11.4. The number of aliphatic hydroxyl groups is 3. The Hall–Kier alpha value is -1.18. The first-order chi connectivity index (χ1) is 16.4. The zero-order valence-corrected chi connectivity index (χ0v) is 21.9. The number of nitrogens with one attached hydrogen (secondary N) is 1. The Morgan fingerprint density at radius 3 is 2.37 bits per heavy atom. The fourth-order valence-electron chi connectivity index (χ4n) is 9.35.